The summed E-state index contributed by atoms with van der Waals surface area (Å²) in [4.78, 5) is 6.20. The number of anilines is 1. The van der Waals surface area contributed by atoms with E-state index in [1.807, 2.05) is 55.5 Å². The molecule has 0 aliphatic rings. The number of ether oxygens (including phenoxy) is 1. The number of rotatable bonds is 5. The topological polar surface area (TPSA) is 51.4 Å². The zero-order valence-electron chi connectivity index (χ0n) is 11.3. The minimum absolute atomic E-state index is 0.612. The van der Waals surface area contributed by atoms with Crippen LogP contribution in [0.4, 0.5) is 5.69 Å². The molecule has 0 fully saturated rings. The Hall–Kier alpha value is -2.07. The van der Waals surface area contributed by atoms with E-state index in [0.717, 1.165) is 29.2 Å². The van der Waals surface area contributed by atoms with E-state index < -0.39 is 0 Å². The van der Waals surface area contributed by atoms with E-state index in [0.29, 0.717) is 6.54 Å². The summed E-state index contributed by atoms with van der Waals surface area (Å²) in [6.07, 6.45) is 4.33. The molecule has 0 bridgehead atoms. The van der Waals surface area contributed by atoms with Gasteiger partial charge in [0.15, 0.2) is 0 Å². The summed E-state index contributed by atoms with van der Waals surface area (Å²) < 4.78 is 5.83. The number of nitrogens with zero attached hydrogens (tertiary/aromatic N) is 2. The van der Waals surface area contributed by atoms with Crippen molar-refractivity contribution in [2.24, 2.45) is 5.73 Å². The fourth-order valence-electron chi connectivity index (χ4n) is 1.78. The van der Waals surface area contributed by atoms with Gasteiger partial charge in [-0.05, 0) is 36.7 Å². The monoisotopic (exact) mass is 257 g/mol. The number of hydrogen-bond acceptors (Lipinski definition) is 4. The zero-order valence-corrected chi connectivity index (χ0v) is 11.3. The lowest BCUT2D eigenvalue weighted by Gasteiger charge is -2.14. The number of hydrogen-bond donors (Lipinski definition) is 1. The van der Waals surface area contributed by atoms with Gasteiger partial charge in [-0.15, -0.1) is 0 Å². The molecule has 2 N–H and O–H groups in total. The Balaban J connectivity index is 2.16. The summed E-state index contributed by atoms with van der Waals surface area (Å²) in [5.74, 6) is 1.54. The van der Waals surface area contributed by atoms with Crippen molar-refractivity contribution in [3.05, 3.63) is 48.3 Å². The summed E-state index contributed by atoms with van der Waals surface area (Å²) in [7, 11) is 4.01. The Kier molecular flexibility index (Phi) is 4.36. The highest BCUT2D eigenvalue weighted by Gasteiger charge is 2.02. The molecule has 4 heteroatoms. The maximum atomic E-state index is 5.83. The molecule has 0 radical (unpaired) electrons. The minimum Gasteiger partial charge on any atom is -0.456 e. The van der Waals surface area contributed by atoms with Crippen LogP contribution in [0.2, 0.25) is 0 Å². The Labute approximate surface area is 113 Å². The molecule has 0 aliphatic carbocycles. The van der Waals surface area contributed by atoms with Gasteiger partial charge < -0.3 is 15.4 Å². The molecule has 19 heavy (non-hydrogen) atoms. The van der Waals surface area contributed by atoms with Gasteiger partial charge in [0.1, 0.15) is 11.5 Å². The van der Waals surface area contributed by atoms with Crippen LogP contribution in [0.1, 0.15) is 5.56 Å². The van der Waals surface area contributed by atoms with Gasteiger partial charge >= 0.3 is 0 Å². The van der Waals surface area contributed by atoms with Gasteiger partial charge in [0.25, 0.3) is 0 Å². The van der Waals surface area contributed by atoms with Crippen molar-refractivity contribution >= 4 is 5.69 Å². The van der Waals surface area contributed by atoms with Crippen molar-refractivity contribution in [3.8, 4) is 11.5 Å². The van der Waals surface area contributed by atoms with Crippen LogP contribution >= 0.6 is 0 Å². The van der Waals surface area contributed by atoms with Crippen molar-refractivity contribution < 1.29 is 4.74 Å². The van der Waals surface area contributed by atoms with Gasteiger partial charge in [-0.25, -0.2) is 0 Å². The number of nitrogens with two attached hydrogens (primary N) is 1. The fraction of sp³-hybridized carbons (Fsp3) is 0.267. The lowest BCUT2D eigenvalue weighted by Crippen LogP contribution is -2.08. The molecule has 100 valence electrons. The first-order chi connectivity index (χ1) is 9.19. The zero-order chi connectivity index (χ0) is 13.7. The van der Waals surface area contributed by atoms with Gasteiger partial charge in [-0.2, -0.15) is 0 Å². The third-order valence-corrected chi connectivity index (χ3v) is 2.77. The molecule has 0 spiro atoms. The van der Waals surface area contributed by atoms with Crippen molar-refractivity contribution in [2.45, 2.75) is 6.42 Å². The lowest BCUT2D eigenvalue weighted by molar-refractivity contribution is 0.479. The Morgan fingerprint density at radius 2 is 2.00 bits per heavy atom. The molecule has 0 unspecified atom stereocenters. The molecule has 0 amide bonds. The summed E-state index contributed by atoms with van der Waals surface area (Å²) in [6.45, 7) is 0.612. The molecule has 0 atom stereocenters. The SMILES string of the molecule is CN(C)c1cccc(Oc2cncc(CCN)c2)c1. The summed E-state index contributed by atoms with van der Waals surface area (Å²) in [6, 6.07) is 9.91. The van der Waals surface area contributed by atoms with E-state index >= 15 is 0 Å². The van der Waals surface area contributed by atoms with Gasteiger partial charge in [0.05, 0.1) is 6.20 Å². The smallest absolute Gasteiger partial charge is 0.145 e. The normalized spacial score (nSPS) is 10.3. The van der Waals surface area contributed by atoms with Crippen LogP contribution in [0, 0.1) is 0 Å². The molecule has 0 saturated carbocycles. The predicted molar refractivity (Wildman–Crippen MR) is 77.8 cm³/mol. The summed E-state index contributed by atoms with van der Waals surface area (Å²) >= 11 is 0. The van der Waals surface area contributed by atoms with Gasteiger partial charge in [-0.1, -0.05) is 6.07 Å². The van der Waals surface area contributed by atoms with E-state index in [1.165, 1.54) is 0 Å². The molecule has 2 rings (SSSR count). The van der Waals surface area contributed by atoms with Gasteiger partial charge in [0.2, 0.25) is 0 Å². The maximum Gasteiger partial charge on any atom is 0.145 e. The predicted octanol–water partition coefficient (Wildman–Crippen LogP) is 2.44. The average Bonchev–Trinajstić information content (AvgIpc) is 2.40. The molecular formula is C15H19N3O. The first kappa shape index (κ1) is 13.4. The van der Waals surface area contributed by atoms with Gasteiger partial charge in [-0.3, -0.25) is 4.98 Å². The average molecular weight is 257 g/mol. The van der Waals surface area contributed by atoms with E-state index in [-0.39, 0.29) is 0 Å². The molecule has 1 heterocycles. The highest BCUT2D eigenvalue weighted by Crippen LogP contribution is 2.25. The van der Waals surface area contributed by atoms with Crippen molar-refractivity contribution in [1.82, 2.24) is 4.98 Å². The van der Waals surface area contributed by atoms with Crippen LogP contribution < -0.4 is 15.4 Å². The number of aromatic nitrogens is 1. The quantitative estimate of drug-likeness (QED) is 0.894. The van der Waals surface area contributed by atoms with E-state index in [4.69, 9.17) is 10.5 Å². The molecule has 4 nitrogen and oxygen atoms in total. The highest BCUT2D eigenvalue weighted by molar-refractivity contribution is 5.50. The van der Waals surface area contributed by atoms with Crippen molar-refractivity contribution in [3.63, 3.8) is 0 Å². The molecule has 2 aromatic rings. The van der Waals surface area contributed by atoms with Crippen molar-refractivity contribution in [1.29, 1.82) is 0 Å². The lowest BCUT2D eigenvalue weighted by atomic mass is 10.2. The Morgan fingerprint density at radius 3 is 2.74 bits per heavy atom. The summed E-state index contributed by atoms with van der Waals surface area (Å²) in [5.41, 5.74) is 7.73. The van der Waals surface area contributed by atoms with Crippen LogP contribution in [0.5, 0.6) is 11.5 Å². The second-order valence-corrected chi connectivity index (χ2v) is 4.56. The Morgan fingerprint density at radius 1 is 1.16 bits per heavy atom. The van der Waals surface area contributed by atoms with E-state index in [9.17, 15) is 0 Å². The molecule has 1 aromatic heterocycles. The second-order valence-electron chi connectivity index (χ2n) is 4.56. The highest BCUT2D eigenvalue weighted by atomic mass is 16.5. The van der Waals surface area contributed by atoms with Crippen LogP contribution in [-0.2, 0) is 6.42 Å². The molecular weight excluding hydrogens is 238 g/mol. The molecule has 0 aliphatic heterocycles. The fourth-order valence-corrected chi connectivity index (χ4v) is 1.78. The molecule has 0 saturated heterocycles. The van der Waals surface area contributed by atoms with Crippen LogP contribution in [0.25, 0.3) is 0 Å². The van der Waals surface area contributed by atoms with E-state index in [1.54, 1.807) is 6.20 Å². The maximum absolute atomic E-state index is 5.83. The minimum atomic E-state index is 0.612. The van der Waals surface area contributed by atoms with Gasteiger partial charge in [0, 0.05) is 32.0 Å². The Bertz CT molecular complexity index is 540. The standard InChI is InChI=1S/C15H19N3O/c1-18(2)13-4-3-5-14(9-13)19-15-8-12(6-7-16)10-17-11-15/h3-5,8-11H,6-7,16H2,1-2H3. The first-order valence-corrected chi connectivity index (χ1v) is 6.28. The first-order valence-electron chi connectivity index (χ1n) is 6.28. The van der Waals surface area contributed by atoms with E-state index in [2.05, 4.69) is 4.98 Å². The third-order valence-electron chi connectivity index (χ3n) is 2.77. The van der Waals surface area contributed by atoms with Crippen LogP contribution in [-0.4, -0.2) is 25.6 Å². The van der Waals surface area contributed by atoms with Crippen LogP contribution in [0.15, 0.2) is 42.7 Å². The third kappa shape index (κ3) is 3.69. The van der Waals surface area contributed by atoms with Crippen LogP contribution in [0.3, 0.4) is 0 Å². The summed E-state index contributed by atoms with van der Waals surface area (Å²) in [5, 5.41) is 0. The second kappa shape index (κ2) is 6.20. The number of pyridine rings is 1. The largest absolute Gasteiger partial charge is 0.456 e. The molecule has 1 aromatic carbocycles. The van der Waals surface area contributed by atoms with Crippen molar-refractivity contribution in [2.75, 3.05) is 25.5 Å². The number of benzene rings is 1.